The van der Waals surface area contributed by atoms with E-state index >= 15 is 0 Å². The molecule has 0 N–H and O–H groups in total. The van der Waals surface area contributed by atoms with Crippen molar-refractivity contribution in [3.63, 3.8) is 0 Å². The van der Waals surface area contributed by atoms with Crippen molar-refractivity contribution in [1.82, 2.24) is 9.13 Å². The Kier molecular flexibility index (Phi) is 5.52. The number of hydrogen-bond donors (Lipinski definition) is 0. The van der Waals surface area contributed by atoms with Crippen LogP contribution >= 0.6 is 11.3 Å². The first-order chi connectivity index (χ1) is 23.3. The molecule has 10 aromatic rings. The van der Waals surface area contributed by atoms with E-state index in [1.165, 1.54) is 36.7 Å². The first kappa shape index (κ1) is 26.4. The maximum Gasteiger partial charge on any atom is 0.147 e. The van der Waals surface area contributed by atoms with Crippen molar-refractivity contribution in [1.29, 1.82) is 0 Å². The standard InChI is InChI=1S/C43H28N2OS/c1-3-14-36-28(4-2)32-25-27(23-24-37(32)47-36)45-33-20-11-8-17-29(33)38-41-39(43-40(42(38)45)31-19-10-13-22-35(31)46-43)30-18-9-12-21-34(30)44(41)26-15-6-5-7-16-26/h3-25H,2H2,1H3/b14-3-. The van der Waals surface area contributed by atoms with Crippen LogP contribution in [0.4, 0.5) is 0 Å². The number of furan rings is 1. The van der Waals surface area contributed by atoms with Crippen molar-refractivity contribution in [3.8, 4) is 11.4 Å². The van der Waals surface area contributed by atoms with Gasteiger partial charge in [-0.05, 0) is 67.1 Å². The second-order valence-corrected chi connectivity index (χ2v) is 13.1. The molecule has 0 unspecified atom stereocenters. The van der Waals surface area contributed by atoms with Crippen molar-refractivity contribution in [2.75, 3.05) is 0 Å². The molecule has 0 bridgehead atoms. The van der Waals surface area contributed by atoms with Gasteiger partial charge in [0.1, 0.15) is 11.2 Å². The van der Waals surface area contributed by atoms with Crippen molar-refractivity contribution < 1.29 is 4.42 Å². The molecule has 0 amide bonds. The number of benzene rings is 6. The van der Waals surface area contributed by atoms with E-state index in [9.17, 15) is 0 Å². The fourth-order valence-electron chi connectivity index (χ4n) is 7.74. The second-order valence-electron chi connectivity index (χ2n) is 12.1. The summed E-state index contributed by atoms with van der Waals surface area (Å²) >= 11 is 1.81. The van der Waals surface area contributed by atoms with Crippen molar-refractivity contribution in [2.24, 2.45) is 0 Å². The predicted octanol–water partition coefficient (Wildman–Crippen LogP) is 12.7. The summed E-state index contributed by atoms with van der Waals surface area (Å²) in [5, 5.41) is 8.23. The molecule has 0 atom stereocenters. The molecule has 47 heavy (non-hydrogen) atoms. The third kappa shape index (κ3) is 3.51. The van der Waals surface area contributed by atoms with Gasteiger partial charge in [0.05, 0.1) is 32.8 Å². The third-order valence-corrected chi connectivity index (χ3v) is 10.7. The number of thiophene rings is 1. The molecular weight excluding hydrogens is 593 g/mol. The Balaban J connectivity index is 1.50. The molecule has 0 saturated heterocycles. The first-order valence-corrected chi connectivity index (χ1v) is 16.8. The molecule has 6 aromatic carbocycles. The number of fused-ring (bicyclic) bond motifs is 13. The van der Waals surface area contributed by atoms with E-state index in [2.05, 4.69) is 156 Å². The Morgan fingerprint density at radius 2 is 1.23 bits per heavy atom. The Morgan fingerprint density at radius 1 is 0.617 bits per heavy atom. The first-order valence-electron chi connectivity index (χ1n) is 15.9. The number of nitrogens with zero attached hydrogens (tertiary/aromatic N) is 2. The summed E-state index contributed by atoms with van der Waals surface area (Å²) in [5.41, 5.74) is 9.86. The topological polar surface area (TPSA) is 23.0 Å². The molecule has 3 nitrogen and oxygen atoms in total. The van der Waals surface area contributed by atoms with Gasteiger partial charge in [0, 0.05) is 47.9 Å². The fourth-order valence-corrected chi connectivity index (χ4v) is 8.90. The van der Waals surface area contributed by atoms with Crippen molar-refractivity contribution in [2.45, 2.75) is 6.92 Å². The van der Waals surface area contributed by atoms with Gasteiger partial charge in [0.2, 0.25) is 0 Å². The molecule has 4 heteroatoms. The van der Waals surface area contributed by atoms with Gasteiger partial charge in [0.25, 0.3) is 0 Å². The lowest BCUT2D eigenvalue weighted by Gasteiger charge is -2.11. The van der Waals surface area contributed by atoms with Crippen LogP contribution in [0.2, 0.25) is 0 Å². The highest BCUT2D eigenvalue weighted by Crippen LogP contribution is 2.49. The number of para-hydroxylation sites is 4. The highest BCUT2D eigenvalue weighted by atomic mass is 32.1. The van der Waals surface area contributed by atoms with E-state index in [1.807, 2.05) is 17.4 Å². The quantitative estimate of drug-likeness (QED) is 0.192. The highest BCUT2D eigenvalue weighted by molar-refractivity contribution is 7.20. The molecule has 0 aliphatic carbocycles. The molecule has 0 aliphatic rings. The highest BCUT2D eigenvalue weighted by Gasteiger charge is 2.27. The Morgan fingerprint density at radius 3 is 1.96 bits per heavy atom. The molecule has 222 valence electrons. The summed E-state index contributed by atoms with van der Waals surface area (Å²) in [7, 11) is 0. The van der Waals surface area contributed by atoms with E-state index in [-0.39, 0.29) is 0 Å². The second kappa shape index (κ2) is 9.83. The maximum absolute atomic E-state index is 6.91. The minimum Gasteiger partial charge on any atom is -0.455 e. The molecule has 0 spiro atoms. The smallest absolute Gasteiger partial charge is 0.147 e. The van der Waals surface area contributed by atoms with Gasteiger partial charge in [-0.25, -0.2) is 0 Å². The monoisotopic (exact) mass is 620 g/mol. The summed E-state index contributed by atoms with van der Waals surface area (Å²) in [6.45, 7) is 6.27. The van der Waals surface area contributed by atoms with Gasteiger partial charge in [-0.15, -0.1) is 11.3 Å². The van der Waals surface area contributed by atoms with Crippen LogP contribution in [0, 0.1) is 0 Å². The lowest BCUT2D eigenvalue weighted by molar-refractivity contribution is 0.673. The van der Waals surface area contributed by atoms with Gasteiger partial charge in [-0.1, -0.05) is 91.5 Å². The molecular formula is C43H28N2OS. The SMILES string of the molecule is C=Cc1c(/C=C\C)sc2ccc(-n3c4ccccc4c4c5c(c6ccccc6n5-c5ccccc5)c5oc6ccccc6c5c43)cc12. The zero-order valence-corrected chi connectivity index (χ0v) is 26.5. The van der Waals surface area contributed by atoms with Gasteiger partial charge in [0.15, 0.2) is 0 Å². The zero-order valence-electron chi connectivity index (χ0n) is 25.7. The molecule has 0 aliphatic heterocycles. The third-order valence-electron chi connectivity index (χ3n) is 9.58. The fraction of sp³-hybridized carbons (Fsp3) is 0.0233. The lowest BCUT2D eigenvalue weighted by Crippen LogP contribution is -1.96. The van der Waals surface area contributed by atoms with Crippen LogP contribution in [0.1, 0.15) is 17.4 Å². The van der Waals surface area contributed by atoms with Gasteiger partial charge in [-0.2, -0.15) is 0 Å². The summed E-state index contributed by atoms with van der Waals surface area (Å²) in [6, 6.07) is 43.6. The van der Waals surface area contributed by atoms with Gasteiger partial charge < -0.3 is 13.6 Å². The maximum atomic E-state index is 6.91. The van der Waals surface area contributed by atoms with E-state index in [0.717, 1.165) is 60.8 Å². The molecule has 0 saturated carbocycles. The largest absolute Gasteiger partial charge is 0.455 e. The van der Waals surface area contributed by atoms with Crippen LogP contribution in [-0.2, 0) is 0 Å². The van der Waals surface area contributed by atoms with Crippen LogP contribution < -0.4 is 0 Å². The molecule has 0 radical (unpaired) electrons. The summed E-state index contributed by atoms with van der Waals surface area (Å²) < 4.78 is 13.0. The van der Waals surface area contributed by atoms with Crippen LogP contribution in [-0.4, -0.2) is 9.13 Å². The Hall–Kier alpha value is -5.84. The lowest BCUT2D eigenvalue weighted by atomic mass is 10.0. The van der Waals surface area contributed by atoms with E-state index in [4.69, 9.17) is 4.42 Å². The average Bonchev–Trinajstić information content (AvgIpc) is 3.85. The minimum absolute atomic E-state index is 0.892. The van der Waals surface area contributed by atoms with Gasteiger partial charge in [-0.3, -0.25) is 0 Å². The number of allylic oxidation sites excluding steroid dienone is 1. The molecule has 10 rings (SSSR count). The summed E-state index contributed by atoms with van der Waals surface area (Å²) in [5.74, 6) is 0. The zero-order chi connectivity index (χ0) is 31.2. The van der Waals surface area contributed by atoms with Gasteiger partial charge >= 0.3 is 0 Å². The van der Waals surface area contributed by atoms with E-state index < -0.39 is 0 Å². The molecule has 4 heterocycles. The minimum atomic E-state index is 0.892. The van der Waals surface area contributed by atoms with Crippen molar-refractivity contribution in [3.05, 3.63) is 144 Å². The molecule has 0 fully saturated rings. The molecule has 4 aromatic heterocycles. The Bertz CT molecular complexity index is 2930. The van der Waals surface area contributed by atoms with E-state index in [0.29, 0.717) is 0 Å². The summed E-state index contributed by atoms with van der Waals surface area (Å²) in [6.07, 6.45) is 6.28. The van der Waals surface area contributed by atoms with E-state index in [1.54, 1.807) is 0 Å². The number of hydrogen-bond acceptors (Lipinski definition) is 2. The number of aromatic nitrogens is 2. The summed E-state index contributed by atoms with van der Waals surface area (Å²) in [4.78, 5) is 1.23. The van der Waals surface area contributed by atoms with Crippen molar-refractivity contribution >= 4 is 99.1 Å². The predicted molar refractivity (Wildman–Crippen MR) is 203 cm³/mol. The van der Waals surface area contributed by atoms with Crippen LogP contribution in [0.5, 0.6) is 0 Å². The Labute approximate surface area is 274 Å². The normalized spacial score (nSPS) is 12.4. The van der Waals surface area contributed by atoms with Crippen LogP contribution in [0.25, 0.3) is 99.2 Å². The van der Waals surface area contributed by atoms with Crippen LogP contribution in [0.3, 0.4) is 0 Å². The average molecular weight is 621 g/mol. The number of rotatable bonds is 4. The van der Waals surface area contributed by atoms with Crippen LogP contribution in [0.15, 0.2) is 138 Å².